The van der Waals surface area contributed by atoms with Crippen molar-refractivity contribution in [3.05, 3.63) is 36.0 Å². The highest BCUT2D eigenvalue weighted by Gasteiger charge is 2.15. The molecule has 5 N–H and O–H groups in total. The molecule has 1 aromatic rings. The minimum Gasteiger partial charge on any atom is -0.508 e. The van der Waals surface area contributed by atoms with Crippen LogP contribution in [0.3, 0.4) is 0 Å². The summed E-state index contributed by atoms with van der Waals surface area (Å²) in [6.07, 6.45) is 1.36. The van der Waals surface area contributed by atoms with E-state index in [2.05, 4.69) is 27.1 Å². The van der Waals surface area contributed by atoms with Crippen LogP contribution in [0.4, 0.5) is 0 Å². The molecule has 25 heavy (non-hydrogen) atoms. The third kappa shape index (κ3) is 5.81. The Hall–Kier alpha value is -3.07. The highest BCUT2D eigenvalue weighted by molar-refractivity contribution is 5.95. The Labute approximate surface area is 145 Å². The van der Waals surface area contributed by atoms with E-state index in [9.17, 15) is 10.2 Å². The number of hydrazone groups is 1. The van der Waals surface area contributed by atoms with Crippen LogP contribution in [0.5, 0.6) is 11.5 Å². The zero-order chi connectivity index (χ0) is 18.2. The number of guanidine groups is 2. The summed E-state index contributed by atoms with van der Waals surface area (Å²) in [5, 5.41) is 22.9. The lowest BCUT2D eigenvalue weighted by Gasteiger charge is -2.27. The third-order valence-electron chi connectivity index (χ3n) is 3.20. The number of phenols is 2. The van der Waals surface area contributed by atoms with Crippen LogP contribution in [0.2, 0.25) is 0 Å². The normalized spacial score (nSPS) is 16.3. The predicted octanol–water partition coefficient (Wildman–Crippen LogP) is 0.558. The molecule has 1 saturated heterocycles. The van der Waals surface area contributed by atoms with Gasteiger partial charge >= 0.3 is 0 Å². The molecule has 9 heteroatoms. The molecule has 1 aliphatic rings. The number of ether oxygens (including phenoxy) is 1. The van der Waals surface area contributed by atoms with Gasteiger partial charge in [-0.05, 0) is 19.1 Å². The molecule has 1 aliphatic heterocycles. The topological polar surface area (TPSA) is 128 Å². The number of rotatable bonds is 3. The van der Waals surface area contributed by atoms with E-state index in [1.54, 1.807) is 6.92 Å². The van der Waals surface area contributed by atoms with Crippen LogP contribution in [-0.4, -0.2) is 59.5 Å². The van der Waals surface area contributed by atoms with Crippen molar-refractivity contribution in [1.82, 2.24) is 10.3 Å². The van der Waals surface area contributed by atoms with E-state index < -0.39 is 0 Å². The molecule has 0 saturated carbocycles. The summed E-state index contributed by atoms with van der Waals surface area (Å²) >= 11 is 0. The Balaban J connectivity index is 2.06. The molecule has 1 heterocycles. The van der Waals surface area contributed by atoms with Gasteiger partial charge in [0.05, 0.1) is 19.4 Å². The van der Waals surface area contributed by atoms with Crippen LogP contribution in [-0.2, 0) is 4.74 Å². The molecular weight excluding hydrogens is 324 g/mol. The second-order valence-electron chi connectivity index (χ2n) is 5.36. The largest absolute Gasteiger partial charge is 0.508 e. The second kappa shape index (κ2) is 8.69. The molecule has 0 unspecified atom stereocenters. The van der Waals surface area contributed by atoms with Crippen LogP contribution in [0.25, 0.3) is 0 Å². The van der Waals surface area contributed by atoms with E-state index in [4.69, 9.17) is 10.5 Å². The maximum Gasteiger partial charge on any atom is 0.228 e. The number of nitrogens with two attached hydrogens (primary N) is 1. The number of morpholine rings is 1. The fourth-order valence-electron chi connectivity index (χ4n) is 2.04. The average Bonchev–Trinajstić information content (AvgIpc) is 2.56. The number of allylic oxidation sites excluding steroid dienone is 1. The fraction of sp³-hybridized carbons (Fsp3) is 0.312. The van der Waals surface area contributed by atoms with Gasteiger partial charge in [0.2, 0.25) is 11.9 Å². The van der Waals surface area contributed by atoms with Crippen molar-refractivity contribution in [2.45, 2.75) is 6.92 Å². The van der Waals surface area contributed by atoms with Crippen LogP contribution in [0.15, 0.2) is 45.6 Å². The minimum absolute atomic E-state index is 0.0326. The van der Waals surface area contributed by atoms with E-state index >= 15 is 0 Å². The Morgan fingerprint density at radius 3 is 2.68 bits per heavy atom. The smallest absolute Gasteiger partial charge is 0.228 e. The maximum absolute atomic E-state index is 9.68. The number of hydrogen-bond donors (Lipinski definition) is 4. The minimum atomic E-state index is -0.0982. The first-order chi connectivity index (χ1) is 12.0. The Kier molecular flexibility index (Phi) is 6.35. The SMILES string of the molecule is C=C(C)N=C(N=C(N)N/N=C/c1ccc(O)cc1O)N1CCOCC1. The monoisotopic (exact) mass is 346 g/mol. The zero-order valence-corrected chi connectivity index (χ0v) is 14.0. The first kappa shape index (κ1) is 18.3. The van der Waals surface area contributed by atoms with Gasteiger partial charge in [0.25, 0.3) is 0 Å². The average molecular weight is 346 g/mol. The van der Waals surface area contributed by atoms with Gasteiger partial charge in [0.15, 0.2) is 0 Å². The number of hydrogen-bond acceptors (Lipinski definition) is 5. The van der Waals surface area contributed by atoms with Crippen molar-refractivity contribution in [3.63, 3.8) is 0 Å². The Morgan fingerprint density at radius 2 is 2.04 bits per heavy atom. The molecule has 9 nitrogen and oxygen atoms in total. The summed E-state index contributed by atoms with van der Waals surface area (Å²) in [5.41, 5.74) is 9.43. The number of phenolic OH excluding ortho intramolecular Hbond substituents is 2. The summed E-state index contributed by atoms with van der Waals surface area (Å²) in [6.45, 7) is 8.04. The number of aromatic hydroxyl groups is 2. The Morgan fingerprint density at radius 1 is 1.32 bits per heavy atom. The number of benzene rings is 1. The molecule has 0 spiro atoms. The molecule has 1 aromatic carbocycles. The van der Waals surface area contributed by atoms with Gasteiger partial charge in [0, 0.05) is 30.4 Å². The lowest BCUT2D eigenvalue weighted by Crippen LogP contribution is -2.41. The van der Waals surface area contributed by atoms with E-state index in [1.807, 2.05) is 4.90 Å². The van der Waals surface area contributed by atoms with E-state index in [-0.39, 0.29) is 17.5 Å². The third-order valence-corrected chi connectivity index (χ3v) is 3.20. The molecule has 0 atom stereocenters. The van der Waals surface area contributed by atoms with Gasteiger partial charge in [-0.25, -0.2) is 10.4 Å². The molecular formula is C16H22N6O3. The predicted molar refractivity (Wildman–Crippen MR) is 96.8 cm³/mol. The standard InChI is InChI=1S/C16H22N6O3/c1-11(2)19-16(22-5-7-25-8-6-22)20-15(17)21-18-10-12-3-4-13(23)9-14(12)24/h3-4,9-10,23-24H,1,5-8H2,2H3,(H3,17,19,20,21)/b18-10+. The highest BCUT2D eigenvalue weighted by atomic mass is 16.5. The lowest BCUT2D eigenvalue weighted by atomic mass is 10.2. The maximum atomic E-state index is 9.68. The van der Waals surface area contributed by atoms with Crippen LogP contribution in [0, 0.1) is 0 Å². The Bertz CT molecular complexity index is 708. The summed E-state index contributed by atoms with van der Waals surface area (Å²) in [6, 6.07) is 4.17. The molecule has 0 radical (unpaired) electrons. The summed E-state index contributed by atoms with van der Waals surface area (Å²) < 4.78 is 5.31. The van der Waals surface area contributed by atoms with Crippen LogP contribution >= 0.6 is 0 Å². The van der Waals surface area contributed by atoms with Crippen molar-refractivity contribution >= 4 is 18.1 Å². The van der Waals surface area contributed by atoms with Crippen molar-refractivity contribution in [3.8, 4) is 11.5 Å². The van der Waals surface area contributed by atoms with E-state index in [0.29, 0.717) is 43.5 Å². The number of nitrogens with zero attached hydrogens (tertiary/aromatic N) is 4. The summed E-state index contributed by atoms with van der Waals surface area (Å²) in [4.78, 5) is 10.5. The highest BCUT2D eigenvalue weighted by Crippen LogP contribution is 2.20. The molecule has 2 rings (SSSR count). The van der Waals surface area contributed by atoms with Gasteiger partial charge in [-0.3, -0.25) is 0 Å². The number of nitrogens with one attached hydrogen (secondary N) is 1. The second-order valence-corrected chi connectivity index (χ2v) is 5.36. The van der Waals surface area contributed by atoms with E-state index in [1.165, 1.54) is 24.4 Å². The molecule has 0 bridgehead atoms. The van der Waals surface area contributed by atoms with Crippen molar-refractivity contribution < 1.29 is 14.9 Å². The molecule has 0 aromatic heterocycles. The molecule has 0 amide bonds. The van der Waals surface area contributed by atoms with Gasteiger partial charge in [0.1, 0.15) is 11.5 Å². The summed E-state index contributed by atoms with van der Waals surface area (Å²) in [7, 11) is 0. The van der Waals surface area contributed by atoms with Gasteiger partial charge in [-0.15, -0.1) is 0 Å². The summed E-state index contributed by atoms with van der Waals surface area (Å²) in [5.74, 6) is 0.346. The van der Waals surface area contributed by atoms with Crippen molar-refractivity contribution in [2.75, 3.05) is 26.3 Å². The van der Waals surface area contributed by atoms with Gasteiger partial charge < -0.3 is 25.6 Å². The number of aliphatic imine (C=N–C) groups is 2. The first-order valence-corrected chi connectivity index (χ1v) is 7.68. The molecule has 0 aliphatic carbocycles. The fourth-order valence-corrected chi connectivity index (χ4v) is 2.04. The van der Waals surface area contributed by atoms with Crippen molar-refractivity contribution in [2.24, 2.45) is 20.8 Å². The quantitative estimate of drug-likeness (QED) is 0.360. The van der Waals surface area contributed by atoms with Crippen LogP contribution in [0.1, 0.15) is 12.5 Å². The molecule has 1 fully saturated rings. The van der Waals surface area contributed by atoms with Crippen molar-refractivity contribution in [1.29, 1.82) is 0 Å². The molecule has 134 valence electrons. The zero-order valence-electron chi connectivity index (χ0n) is 14.0. The van der Waals surface area contributed by atoms with Gasteiger partial charge in [-0.2, -0.15) is 10.1 Å². The van der Waals surface area contributed by atoms with Gasteiger partial charge in [-0.1, -0.05) is 6.58 Å². The van der Waals surface area contributed by atoms with E-state index in [0.717, 1.165) is 0 Å². The van der Waals surface area contributed by atoms with Crippen LogP contribution < -0.4 is 11.2 Å². The lowest BCUT2D eigenvalue weighted by molar-refractivity contribution is 0.0675. The first-order valence-electron chi connectivity index (χ1n) is 7.68.